The SMILES string of the molecule is CCOC(=O)c1cc(C(=O)OCC)c2cc(O)ccc2n1. The highest BCUT2D eigenvalue weighted by molar-refractivity contribution is 6.06. The predicted molar refractivity (Wildman–Crippen MR) is 75.3 cm³/mol. The molecule has 0 aliphatic heterocycles. The average Bonchev–Trinajstić information content (AvgIpc) is 2.46. The van der Waals surface area contributed by atoms with E-state index in [0.717, 1.165) is 0 Å². The summed E-state index contributed by atoms with van der Waals surface area (Å²) in [5.74, 6) is -1.20. The first kappa shape index (κ1) is 14.8. The largest absolute Gasteiger partial charge is 0.508 e. The minimum atomic E-state index is -0.613. The number of benzene rings is 1. The number of aromatic nitrogens is 1. The number of esters is 2. The first-order valence-corrected chi connectivity index (χ1v) is 6.54. The number of aromatic hydroxyl groups is 1. The Morgan fingerprint density at radius 1 is 1.10 bits per heavy atom. The van der Waals surface area contributed by atoms with Crippen LogP contribution in [0.4, 0.5) is 0 Å². The van der Waals surface area contributed by atoms with Crippen molar-refractivity contribution in [3.8, 4) is 5.75 Å². The summed E-state index contributed by atoms with van der Waals surface area (Å²) in [6.45, 7) is 3.79. The van der Waals surface area contributed by atoms with E-state index in [1.54, 1.807) is 13.8 Å². The Morgan fingerprint density at radius 3 is 2.43 bits per heavy atom. The van der Waals surface area contributed by atoms with Crippen molar-refractivity contribution in [3.63, 3.8) is 0 Å². The van der Waals surface area contributed by atoms with Gasteiger partial charge in [0.05, 0.1) is 24.3 Å². The van der Waals surface area contributed by atoms with Crippen LogP contribution >= 0.6 is 0 Å². The molecule has 110 valence electrons. The number of carbonyl (C=O) groups is 2. The third kappa shape index (κ3) is 3.10. The van der Waals surface area contributed by atoms with Crippen LogP contribution < -0.4 is 0 Å². The van der Waals surface area contributed by atoms with Gasteiger partial charge in [0.1, 0.15) is 11.4 Å². The molecule has 21 heavy (non-hydrogen) atoms. The molecule has 1 aromatic carbocycles. The molecular weight excluding hydrogens is 274 g/mol. The zero-order valence-corrected chi connectivity index (χ0v) is 11.8. The first-order chi connectivity index (χ1) is 10.1. The number of carbonyl (C=O) groups excluding carboxylic acids is 2. The van der Waals surface area contributed by atoms with E-state index in [9.17, 15) is 14.7 Å². The van der Waals surface area contributed by atoms with Gasteiger partial charge in [-0.05, 0) is 38.1 Å². The van der Waals surface area contributed by atoms with Crippen LogP contribution in [0.25, 0.3) is 10.9 Å². The molecule has 6 heteroatoms. The minimum Gasteiger partial charge on any atom is -0.508 e. The molecule has 1 heterocycles. The van der Waals surface area contributed by atoms with E-state index in [0.29, 0.717) is 10.9 Å². The van der Waals surface area contributed by atoms with Crippen LogP contribution in [0.2, 0.25) is 0 Å². The molecule has 0 unspecified atom stereocenters. The van der Waals surface area contributed by atoms with Crippen LogP contribution in [-0.2, 0) is 9.47 Å². The maximum absolute atomic E-state index is 12.0. The highest BCUT2D eigenvalue weighted by Gasteiger charge is 2.18. The Labute approximate surface area is 121 Å². The van der Waals surface area contributed by atoms with E-state index in [2.05, 4.69) is 4.98 Å². The fourth-order valence-electron chi connectivity index (χ4n) is 1.90. The second-order valence-electron chi connectivity index (χ2n) is 4.20. The van der Waals surface area contributed by atoms with Crippen molar-refractivity contribution >= 4 is 22.8 Å². The molecule has 0 bridgehead atoms. The third-order valence-electron chi connectivity index (χ3n) is 2.77. The Morgan fingerprint density at radius 2 is 1.76 bits per heavy atom. The lowest BCUT2D eigenvalue weighted by Crippen LogP contribution is -2.12. The van der Waals surface area contributed by atoms with Crippen LogP contribution in [0, 0.1) is 0 Å². The molecule has 0 amide bonds. The fourth-order valence-corrected chi connectivity index (χ4v) is 1.90. The highest BCUT2D eigenvalue weighted by Crippen LogP contribution is 2.24. The molecule has 0 aliphatic carbocycles. The number of phenolic OH excluding ortho intramolecular Hbond substituents is 1. The number of hydrogen-bond acceptors (Lipinski definition) is 6. The molecule has 1 N–H and O–H groups in total. The van der Waals surface area contributed by atoms with Gasteiger partial charge in [0, 0.05) is 5.39 Å². The molecule has 0 fully saturated rings. The zero-order chi connectivity index (χ0) is 15.4. The van der Waals surface area contributed by atoms with Gasteiger partial charge in [-0.2, -0.15) is 0 Å². The zero-order valence-electron chi connectivity index (χ0n) is 11.8. The molecular formula is C15H15NO5. The van der Waals surface area contributed by atoms with E-state index in [-0.39, 0.29) is 30.2 Å². The van der Waals surface area contributed by atoms with Crippen molar-refractivity contribution in [1.29, 1.82) is 0 Å². The Balaban J connectivity index is 2.63. The van der Waals surface area contributed by atoms with Crippen LogP contribution in [0.1, 0.15) is 34.7 Å². The normalized spacial score (nSPS) is 10.4. The molecule has 0 spiro atoms. The summed E-state index contributed by atoms with van der Waals surface area (Å²) in [5, 5.41) is 9.98. The van der Waals surface area contributed by atoms with Crippen molar-refractivity contribution in [2.75, 3.05) is 13.2 Å². The lowest BCUT2D eigenvalue weighted by atomic mass is 10.1. The van der Waals surface area contributed by atoms with Gasteiger partial charge in [0.15, 0.2) is 0 Å². The van der Waals surface area contributed by atoms with E-state index in [4.69, 9.17) is 9.47 Å². The van der Waals surface area contributed by atoms with Gasteiger partial charge in [0.2, 0.25) is 0 Å². The van der Waals surface area contributed by atoms with Gasteiger partial charge in [-0.1, -0.05) is 0 Å². The molecule has 2 rings (SSSR count). The van der Waals surface area contributed by atoms with Crippen molar-refractivity contribution in [3.05, 3.63) is 35.5 Å². The van der Waals surface area contributed by atoms with Gasteiger partial charge in [0.25, 0.3) is 0 Å². The number of ether oxygens (including phenoxy) is 2. The molecule has 1 aromatic heterocycles. The highest BCUT2D eigenvalue weighted by atomic mass is 16.5. The number of fused-ring (bicyclic) bond motifs is 1. The summed E-state index contributed by atoms with van der Waals surface area (Å²) in [6, 6.07) is 5.68. The lowest BCUT2D eigenvalue weighted by molar-refractivity contribution is 0.0519. The summed E-state index contributed by atoms with van der Waals surface area (Å²) in [5.41, 5.74) is 0.598. The molecule has 0 atom stereocenters. The van der Waals surface area contributed by atoms with Crippen molar-refractivity contribution in [1.82, 2.24) is 4.98 Å². The summed E-state index contributed by atoms with van der Waals surface area (Å²) < 4.78 is 9.86. The molecule has 0 radical (unpaired) electrons. The summed E-state index contributed by atoms with van der Waals surface area (Å²) in [7, 11) is 0. The lowest BCUT2D eigenvalue weighted by Gasteiger charge is -2.09. The van der Waals surface area contributed by atoms with Gasteiger partial charge >= 0.3 is 11.9 Å². The molecule has 0 aliphatic rings. The fraction of sp³-hybridized carbons (Fsp3) is 0.267. The van der Waals surface area contributed by atoms with Gasteiger partial charge in [-0.25, -0.2) is 14.6 Å². The summed E-state index contributed by atoms with van der Waals surface area (Å²) >= 11 is 0. The number of pyridine rings is 1. The maximum Gasteiger partial charge on any atom is 0.356 e. The second kappa shape index (κ2) is 6.21. The van der Waals surface area contributed by atoms with Gasteiger partial charge < -0.3 is 14.6 Å². The third-order valence-corrected chi connectivity index (χ3v) is 2.77. The molecule has 6 nitrogen and oxygen atoms in total. The Hall–Kier alpha value is -2.63. The monoisotopic (exact) mass is 289 g/mol. The van der Waals surface area contributed by atoms with Gasteiger partial charge in [-0.15, -0.1) is 0 Å². The van der Waals surface area contributed by atoms with Crippen molar-refractivity contribution in [2.45, 2.75) is 13.8 Å². The van der Waals surface area contributed by atoms with E-state index >= 15 is 0 Å². The molecule has 0 saturated carbocycles. The smallest absolute Gasteiger partial charge is 0.356 e. The summed E-state index contributed by atoms with van der Waals surface area (Å²) in [6.07, 6.45) is 0. The minimum absolute atomic E-state index is 0.00117. The Bertz CT molecular complexity index is 696. The van der Waals surface area contributed by atoms with Gasteiger partial charge in [-0.3, -0.25) is 0 Å². The van der Waals surface area contributed by atoms with E-state index in [1.807, 2.05) is 0 Å². The number of phenols is 1. The average molecular weight is 289 g/mol. The second-order valence-corrected chi connectivity index (χ2v) is 4.20. The molecule has 0 saturated heterocycles. The first-order valence-electron chi connectivity index (χ1n) is 6.54. The molecule has 2 aromatic rings. The quantitative estimate of drug-likeness (QED) is 0.869. The standard InChI is InChI=1S/C15H15NO5/c1-3-20-14(18)11-8-13(15(19)21-4-2)16-12-6-5-9(17)7-10(11)12/h5-8,17H,3-4H2,1-2H3. The van der Waals surface area contributed by atoms with Crippen LogP contribution in [0.3, 0.4) is 0 Å². The van der Waals surface area contributed by atoms with E-state index in [1.165, 1.54) is 24.3 Å². The van der Waals surface area contributed by atoms with Crippen molar-refractivity contribution in [2.24, 2.45) is 0 Å². The number of nitrogens with zero attached hydrogens (tertiary/aromatic N) is 1. The topological polar surface area (TPSA) is 85.7 Å². The predicted octanol–water partition coefficient (Wildman–Crippen LogP) is 2.29. The maximum atomic E-state index is 12.0. The summed E-state index contributed by atoms with van der Waals surface area (Å²) in [4.78, 5) is 28.0. The number of hydrogen-bond donors (Lipinski definition) is 1. The van der Waals surface area contributed by atoms with Crippen LogP contribution in [-0.4, -0.2) is 35.2 Å². The number of rotatable bonds is 4. The van der Waals surface area contributed by atoms with E-state index < -0.39 is 11.9 Å². The van der Waals surface area contributed by atoms with Crippen molar-refractivity contribution < 1.29 is 24.2 Å². The van der Waals surface area contributed by atoms with Crippen LogP contribution in [0.5, 0.6) is 5.75 Å². The Kier molecular flexibility index (Phi) is 4.37. The van der Waals surface area contributed by atoms with Crippen LogP contribution in [0.15, 0.2) is 24.3 Å².